The quantitative estimate of drug-likeness (QED) is 0.620. The molecule has 29 heavy (non-hydrogen) atoms. The normalized spacial score (nSPS) is 11.3. The molecule has 1 aromatic heterocycles. The first kappa shape index (κ1) is 20.1. The van der Waals surface area contributed by atoms with Crippen LogP contribution in [0.5, 0.6) is 5.75 Å². The predicted molar refractivity (Wildman–Crippen MR) is 110 cm³/mol. The minimum absolute atomic E-state index is 0.0894. The Morgan fingerprint density at radius 1 is 1.00 bits per heavy atom. The molecule has 0 aliphatic rings. The van der Waals surface area contributed by atoms with Crippen LogP contribution in [0.15, 0.2) is 79.0 Å². The van der Waals surface area contributed by atoms with Crippen molar-refractivity contribution in [2.24, 2.45) is 0 Å². The molecular formula is C23H23N3O3. The van der Waals surface area contributed by atoms with Crippen LogP contribution < -0.4 is 15.4 Å². The number of rotatable bonds is 8. The third kappa shape index (κ3) is 6.17. The number of ether oxygens (including phenoxy) is 1. The van der Waals surface area contributed by atoms with Crippen molar-refractivity contribution < 1.29 is 14.3 Å². The first-order valence-corrected chi connectivity index (χ1v) is 9.37. The van der Waals surface area contributed by atoms with Crippen LogP contribution >= 0.6 is 0 Å². The maximum atomic E-state index is 12.2. The van der Waals surface area contributed by atoms with Gasteiger partial charge in [0.05, 0.1) is 18.3 Å². The van der Waals surface area contributed by atoms with E-state index in [0.29, 0.717) is 17.9 Å². The number of hydrogen-bond donors (Lipinski definition) is 2. The maximum Gasteiger partial charge on any atom is 0.251 e. The van der Waals surface area contributed by atoms with E-state index >= 15 is 0 Å². The van der Waals surface area contributed by atoms with Gasteiger partial charge in [-0.2, -0.15) is 0 Å². The summed E-state index contributed by atoms with van der Waals surface area (Å²) in [7, 11) is 0. The molecule has 0 aliphatic carbocycles. The van der Waals surface area contributed by atoms with Crippen molar-refractivity contribution >= 4 is 11.8 Å². The molecule has 0 saturated carbocycles. The Morgan fingerprint density at radius 2 is 1.79 bits per heavy atom. The third-order valence-electron chi connectivity index (χ3n) is 4.29. The summed E-state index contributed by atoms with van der Waals surface area (Å²) in [5.74, 6) is 0.159. The van der Waals surface area contributed by atoms with Crippen molar-refractivity contribution in [1.29, 1.82) is 0 Å². The minimum Gasteiger partial charge on any atom is -0.487 e. The van der Waals surface area contributed by atoms with Gasteiger partial charge in [-0.15, -0.1) is 0 Å². The minimum atomic E-state index is -0.279. The van der Waals surface area contributed by atoms with Gasteiger partial charge in [0.2, 0.25) is 5.91 Å². The van der Waals surface area contributed by atoms with E-state index in [1.807, 2.05) is 55.5 Å². The summed E-state index contributed by atoms with van der Waals surface area (Å²) in [4.78, 5) is 28.4. The van der Waals surface area contributed by atoms with Gasteiger partial charge in [0.25, 0.3) is 5.91 Å². The monoisotopic (exact) mass is 389 g/mol. The highest BCUT2D eigenvalue weighted by Gasteiger charge is 2.12. The topological polar surface area (TPSA) is 80.3 Å². The number of carbonyl (C=O) groups is 2. The molecule has 0 fully saturated rings. The predicted octanol–water partition coefficient (Wildman–Crippen LogP) is 3.27. The van der Waals surface area contributed by atoms with Crippen LogP contribution in [0.3, 0.4) is 0 Å². The number of carbonyl (C=O) groups excluding carboxylic acids is 2. The van der Waals surface area contributed by atoms with E-state index in [1.165, 1.54) is 0 Å². The Balaban J connectivity index is 1.50. The van der Waals surface area contributed by atoms with Crippen molar-refractivity contribution in [3.63, 3.8) is 0 Å². The van der Waals surface area contributed by atoms with Crippen LogP contribution in [0.4, 0.5) is 0 Å². The van der Waals surface area contributed by atoms with E-state index in [9.17, 15) is 9.59 Å². The van der Waals surface area contributed by atoms with Crippen molar-refractivity contribution in [3.8, 4) is 5.75 Å². The van der Waals surface area contributed by atoms with Gasteiger partial charge in [-0.3, -0.25) is 14.6 Å². The van der Waals surface area contributed by atoms with Gasteiger partial charge in [0, 0.05) is 11.8 Å². The van der Waals surface area contributed by atoms with Crippen molar-refractivity contribution in [2.45, 2.75) is 19.6 Å². The van der Waals surface area contributed by atoms with E-state index in [1.54, 1.807) is 30.5 Å². The Kier molecular flexibility index (Phi) is 6.95. The largest absolute Gasteiger partial charge is 0.487 e. The average molecular weight is 389 g/mol. The molecule has 148 valence electrons. The van der Waals surface area contributed by atoms with Gasteiger partial charge < -0.3 is 15.4 Å². The van der Waals surface area contributed by atoms with Crippen LogP contribution in [0.1, 0.15) is 34.6 Å². The van der Waals surface area contributed by atoms with E-state index in [-0.39, 0.29) is 24.4 Å². The second-order valence-corrected chi connectivity index (χ2v) is 6.52. The Labute approximate surface area is 169 Å². The lowest BCUT2D eigenvalue weighted by molar-refractivity contribution is -0.120. The summed E-state index contributed by atoms with van der Waals surface area (Å²) in [5.41, 5.74) is 2.27. The molecule has 0 bridgehead atoms. The molecule has 3 rings (SSSR count). The van der Waals surface area contributed by atoms with Gasteiger partial charge >= 0.3 is 0 Å². The molecule has 0 radical (unpaired) electrons. The third-order valence-corrected chi connectivity index (χ3v) is 4.29. The average Bonchev–Trinajstić information content (AvgIpc) is 2.77. The smallest absolute Gasteiger partial charge is 0.251 e. The summed E-state index contributed by atoms with van der Waals surface area (Å²) < 4.78 is 5.78. The zero-order chi connectivity index (χ0) is 20.5. The molecule has 3 aromatic rings. The SMILES string of the molecule is CC(NC(=O)CNC(=O)c1ccccc1)c1cccc(OCc2ccccn2)c1. The first-order chi connectivity index (χ1) is 14.1. The van der Waals surface area contributed by atoms with E-state index in [4.69, 9.17) is 4.74 Å². The zero-order valence-corrected chi connectivity index (χ0v) is 16.2. The lowest BCUT2D eigenvalue weighted by atomic mass is 10.1. The van der Waals surface area contributed by atoms with Crippen LogP contribution in [0, 0.1) is 0 Å². The first-order valence-electron chi connectivity index (χ1n) is 9.37. The van der Waals surface area contributed by atoms with E-state index in [0.717, 1.165) is 11.3 Å². The molecule has 2 amide bonds. The number of pyridine rings is 1. The Hall–Kier alpha value is -3.67. The lowest BCUT2D eigenvalue weighted by Crippen LogP contribution is -2.38. The zero-order valence-electron chi connectivity index (χ0n) is 16.2. The fourth-order valence-electron chi connectivity index (χ4n) is 2.74. The van der Waals surface area contributed by atoms with Crippen LogP contribution in [0.25, 0.3) is 0 Å². The summed E-state index contributed by atoms with van der Waals surface area (Å²) in [6.45, 7) is 2.17. The molecule has 6 heteroatoms. The molecule has 0 spiro atoms. The molecule has 1 heterocycles. The molecule has 6 nitrogen and oxygen atoms in total. The van der Waals surface area contributed by atoms with Crippen LogP contribution in [-0.4, -0.2) is 23.3 Å². The van der Waals surface area contributed by atoms with Gasteiger partial charge in [0.15, 0.2) is 0 Å². The molecule has 0 aliphatic heterocycles. The highest BCUT2D eigenvalue weighted by atomic mass is 16.5. The highest BCUT2D eigenvalue weighted by Crippen LogP contribution is 2.20. The van der Waals surface area contributed by atoms with Crippen molar-refractivity contribution in [1.82, 2.24) is 15.6 Å². The number of nitrogens with one attached hydrogen (secondary N) is 2. The van der Waals surface area contributed by atoms with E-state index in [2.05, 4.69) is 15.6 Å². The molecule has 1 atom stereocenters. The fraction of sp³-hybridized carbons (Fsp3) is 0.174. The number of benzene rings is 2. The second-order valence-electron chi connectivity index (χ2n) is 6.52. The van der Waals surface area contributed by atoms with Crippen molar-refractivity contribution in [2.75, 3.05) is 6.54 Å². The summed E-state index contributed by atoms with van der Waals surface area (Å²) in [6, 6.07) is 21.8. The van der Waals surface area contributed by atoms with E-state index < -0.39 is 0 Å². The summed E-state index contributed by atoms with van der Waals surface area (Å²) in [5, 5.41) is 5.51. The van der Waals surface area contributed by atoms with Gasteiger partial charge in [-0.1, -0.05) is 36.4 Å². The van der Waals surface area contributed by atoms with Crippen molar-refractivity contribution in [3.05, 3.63) is 95.8 Å². The maximum absolute atomic E-state index is 12.2. The molecule has 2 N–H and O–H groups in total. The highest BCUT2D eigenvalue weighted by molar-refractivity contribution is 5.96. The van der Waals surface area contributed by atoms with Crippen LogP contribution in [0.2, 0.25) is 0 Å². The second kappa shape index (κ2) is 10.0. The number of amides is 2. The fourth-order valence-corrected chi connectivity index (χ4v) is 2.74. The number of hydrogen-bond acceptors (Lipinski definition) is 4. The molecule has 0 saturated heterocycles. The Morgan fingerprint density at radius 3 is 2.55 bits per heavy atom. The van der Waals surface area contributed by atoms with Crippen LogP contribution in [-0.2, 0) is 11.4 Å². The standard InChI is InChI=1S/C23H23N3O3/c1-17(26-22(27)15-25-23(28)18-8-3-2-4-9-18)19-10-7-12-21(14-19)29-16-20-11-5-6-13-24-20/h2-14,17H,15-16H2,1H3,(H,25,28)(H,26,27). The summed E-state index contributed by atoms with van der Waals surface area (Å²) in [6.07, 6.45) is 1.73. The van der Waals surface area contributed by atoms with Gasteiger partial charge in [-0.05, 0) is 48.9 Å². The Bertz CT molecular complexity index is 946. The molecule has 1 unspecified atom stereocenters. The number of nitrogens with zero attached hydrogens (tertiary/aromatic N) is 1. The summed E-state index contributed by atoms with van der Waals surface area (Å²) >= 11 is 0. The molecule has 2 aromatic carbocycles. The van der Waals surface area contributed by atoms with Gasteiger partial charge in [-0.25, -0.2) is 0 Å². The lowest BCUT2D eigenvalue weighted by Gasteiger charge is -2.16. The number of aromatic nitrogens is 1. The van der Waals surface area contributed by atoms with Gasteiger partial charge in [0.1, 0.15) is 12.4 Å². The molecular weight excluding hydrogens is 366 g/mol.